The van der Waals surface area contributed by atoms with E-state index in [9.17, 15) is 0 Å². The molecule has 146 valence electrons. The van der Waals surface area contributed by atoms with Crippen LogP contribution in [0.1, 0.15) is 24.0 Å². The highest BCUT2D eigenvalue weighted by atomic mass is 35.5. The van der Waals surface area contributed by atoms with Crippen molar-refractivity contribution in [3.63, 3.8) is 0 Å². The third-order valence-electron chi connectivity index (χ3n) is 4.11. The second-order valence-electron chi connectivity index (χ2n) is 6.23. The van der Waals surface area contributed by atoms with Gasteiger partial charge in [0.2, 0.25) is 0 Å². The molecule has 0 amide bonds. The highest BCUT2D eigenvalue weighted by Gasteiger charge is 2.21. The average Bonchev–Trinajstić information content (AvgIpc) is 2.63. The molecular weight excluding hydrogens is 431 g/mol. The lowest BCUT2D eigenvalue weighted by Crippen LogP contribution is -2.11. The fraction of sp³-hybridized carbons (Fsp3) is 0.136. The molecular formula is C22H21Cl3N2S. The Labute approximate surface area is 185 Å². The van der Waals surface area contributed by atoms with Gasteiger partial charge in [-0.3, -0.25) is 4.99 Å². The third kappa shape index (κ3) is 5.68. The molecule has 2 nitrogen and oxygen atoms in total. The van der Waals surface area contributed by atoms with Gasteiger partial charge in [0.05, 0.1) is 5.03 Å². The van der Waals surface area contributed by atoms with Crippen molar-refractivity contribution in [3.8, 4) is 0 Å². The number of hydrogen-bond acceptors (Lipinski definition) is 3. The number of allylic oxidation sites excluding steroid dienone is 3. The van der Waals surface area contributed by atoms with E-state index in [0.29, 0.717) is 20.8 Å². The highest BCUT2D eigenvalue weighted by molar-refractivity contribution is 8.03. The Morgan fingerprint density at radius 3 is 2.32 bits per heavy atom. The molecule has 0 heterocycles. The first-order valence-corrected chi connectivity index (χ1v) is 10.4. The molecule has 0 fully saturated rings. The van der Waals surface area contributed by atoms with E-state index in [0.717, 1.165) is 26.6 Å². The van der Waals surface area contributed by atoms with Crippen LogP contribution >= 0.6 is 46.6 Å². The topological polar surface area (TPSA) is 38.4 Å². The van der Waals surface area contributed by atoms with E-state index in [1.165, 1.54) is 11.8 Å². The summed E-state index contributed by atoms with van der Waals surface area (Å²) < 4.78 is 0. The zero-order chi connectivity index (χ0) is 20.8. The average molecular weight is 452 g/mol. The van der Waals surface area contributed by atoms with Crippen molar-refractivity contribution in [3.05, 3.63) is 97.6 Å². The molecule has 0 aliphatic heterocycles. The van der Waals surface area contributed by atoms with E-state index in [1.807, 2.05) is 44.2 Å². The monoisotopic (exact) mass is 450 g/mol. The molecule has 1 unspecified atom stereocenters. The van der Waals surface area contributed by atoms with Gasteiger partial charge in [-0.1, -0.05) is 70.9 Å². The van der Waals surface area contributed by atoms with Crippen LogP contribution in [-0.2, 0) is 0 Å². The Bertz CT molecular complexity index is 944. The molecule has 2 aromatic carbocycles. The fourth-order valence-electron chi connectivity index (χ4n) is 2.75. The van der Waals surface area contributed by atoms with Crippen LogP contribution in [-0.4, -0.2) is 6.72 Å². The lowest BCUT2D eigenvalue weighted by Gasteiger charge is -2.20. The maximum atomic E-state index is 6.37. The van der Waals surface area contributed by atoms with Gasteiger partial charge >= 0.3 is 0 Å². The van der Waals surface area contributed by atoms with E-state index in [-0.39, 0.29) is 5.92 Å². The van der Waals surface area contributed by atoms with Crippen molar-refractivity contribution >= 4 is 53.3 Å². The van der Waals surface area contributed by atoms with Gasteiger partial charge in [0, 0.05) is 37.1 Å². The normalized spacial score (nSPS) is 13.3. The summed E-state index contributed by atoms with van der Waals surface area (Å²) in [5, 5.41) is 2.55. The summed E-state index contributed by atoms with van der Waals surface area (Å²) in [5.74, 6) is -0.300. The number of thioether (sulfide) groups is 1. The van der Waals surface area contributed by atoms with Crippen LogP contribution in [0.15, 0.2) is 81.3 Å². The van der Waals surface area contributed by atoms with E-state index in [1.54, 1.807) is 18.2 Å². The lowest BCUT2D eigenvalue weighted by molar-refractivity contribution is 0.908. The summed E-state index contributed by atoms with van der Waals surface area (Å²) in [7, 11) is 0. The highest BCUT2D eigenvalue weighted by Crippen LogP contribution is 2.38. The number of halogens is 3. The fourth-order valence-corrected chi connectivity index (χ4v) is 4.37. The minimum absolute atomic E-state index is 0.300. The Kier molecular flexibility index (Phi) is 8.26. The van der Waals surface area contributed by atoms with Crippen LogP contribution < -0.4 is 5.73 Å². The summed E-state index contributed by atoms with van der Waals surface area (Å²) in [6.45, 7) is 11.5. The molecule has 6 heteroatoms. The molecule has 2 N–H and O–H groups in total. The zero-order valence-corrected chi connectivity index (χ0v) is 18.8. The Hall–Kier alpha value is -1.65. The minimum Gasteiger partial charge on any atom is -0.402 e. The molecule has 0 radical (unpaired) electrons. The van der Waals surface area contributed by atoms with Crippen molar-refractivity contribution in [2.45, 2.75) is 24.7 Å². The van der Waals surface area contributed by atoms with Gasteiger partial charge in [-0.25, -0.2) is 0 Å². The van der Waals surface area contributed by atoms with Crippen molar-refractivity contribution in [1.29, 1.82) is 0 Å². The molecule has 0 spiro atoms. The number of aliphatic imine (C=N–C) groups is 1. The van der Waals surface area contributed by atoms with Crippen LogP contribution in [0.2, 0.25) is 15.1 Å². The Balaban J connectivity index is 2.36. The summed E-state index contributed by atoms with van der Waals surface area (Å²) >= 11 is 20.3. The molecule has 0 aliphatic rings. The summed E-state index contributed by atoms with van der Waals surface area (Å²) in [6, 6.07) is 11.1. The predicted octanol–water partition coefficient (Wildman–Crippen LogP) is 7.79. The molecule has 1 atom stereocenters. The minimum atomic E-state index is -0.300. The van der Waals surface area contributed by atoms with Crippen LogP contribution in [0.4, 0.5) is 0 Å². The van der Waals surface area contributed by atoms with Crippen molar-refractivity contribution in [2.24, 2.45) is 10.7 Å². The largest absolute Gasteiger partial charge is 0.402 e. The molecule has 0 bridgehead atoms. The number of nitrogens with zero attached hydrogens (tertiary/aromatic N) is 1. The maximum absolute atomic E-state index is 6.37. The first kappa shape index (κ1) is 22.6. The zero-order valence-electron chi connectivity index (χ0n) is 15.7. The molecule has 28 heavy (non-hydrogen) atoms. The second kappa shape index (κ2) is 10.2. The molecule has 0 aliphatic carbocycles. The van der Waals surface area contributed by atoms with E-state index in [4.69, 9.17) is 40.5 Å². The van der Waals surface area contributed by atoms with Crippen molar-refractivity contribution < 1.29 is 0 Å². The molecule has 2 rings (SSSR count). The maximum Gasteiger partial charge on any atom is 0.1000 e. The van der Waals surface area contributed by atoms with Gasteiger partial charge in [-0.15, -0.1) is 0 Å². The van der Waals surface area contributed by atoms with E-state index >= 15 is 0 Å². The van der Waals surface area contributed by atoms with Crippen molar-refractivity contribution in [2.75, 3.05) is 0 Å². The molecule has 0 saturated carbocycles. The number of rotatable bonds is 7. The van der Waals surface area contributed by atoms with E-state index in [2.05, 4.69) is 18.3 Å². The SMILES string of the molecule is C=N/C(=C\C=C(/C)C(C(=C)N)c1c(Cl)cccc1Cl)Sc1ccc(Cl)cc1C. The summed E-state index contributed by atoms with van der Waals surface area (Å²) in [6.07, 6.45) is 3.83. The number of nitrogens with two attached hydrogens (primary N) is 1. The van der Waals surface area contributed by atoms with Crippen molar-refractivity contribution in [1.82, 2.24) is 0 Å². The molecule has 0 saturated heterocycles. The van der Waals surface area contributed by atoms with Gasteiger partial charge < -0.3 is 5.73 Å². The summed E-state index contributed by atoms with van der Waals surface area (Å²) in [4.78, 5) is 5.18. The van der Waals surface area contributed by atoms with Crippen LogP contribution in [0.3, 0.4) is 0 Å². The Morgan fingerprint density at radius 1 is 1.14 bits per heavy atom. The predicted molar refractivity (Wildman–Crippen MR) is 126 cm³/mol. The first-order chi connectivity index (χ1) is 13.2. The van der Waals surface area contributed by atoms with E-state index < -0.39 is 0 Å². The third-order valence-corrected chi connectivity index (χ3v) is 6.16. The standard InChI is InChI=1S/C22H21Cl3N2S/c1-13(21(15(3)26)22-17(24)6-5-7-18(22)25)8-11-20(27-4)28-19-10-9-16(23)12-14(19)2/h5-12,21H,3-4,26H2,1-2H3/b13-8+,20-11+. The summed E-state index contributed by atoms with van der Waals surface area (Å²) in [5.41, 5.74) is 9.30. The van der Waals surface area contributed by atoms with Crippen LogP contribution in [0, 0.1) is 6.92 Å². The van der Waals surface area contributed by atoms with Gasteiger partial charge in [0.25, 0.3) is 0 Å². The van der Waals surface area contributed by atoms with Crippen LogP contribution in [0.25, 0.3) is 0 Å². The number of hydrogen-bond donors (Lipinski definition) is 1. The van der Waals surface area contributed by atoms with Crippen LogP contribution in [0.5, 0.6) is 0 Å². The van der Waals surface area contributed by atoms with Gasteiger partial charge in [-0.2, -0.15) is 0 Å². The van der Waals surface area contributed by atoms with Gasteiger partial charge in [-0.05, 0) is 62.5 Å². The quantitative estimate of drug-likeness (QED) is 0.265. The van der Waals surface area contributed by atoms with Gasteiger partial charge in [0.1, 0.15) is 0 Å². The first-order valence-electron chi connectivity index (χ1n) is 8.42. The number of benzene rings is 2. The lowest BCUT2D eigenvalue weighted by atomic mass is 9.89. The Morgan fingerprint density at radius 2 is 1.79 bits per heavy atom. The second-order valence-corrected chi connectivity index (χ2v) is 8.54. The number of aryl methyl sites for hydroxylation is 1. The molecule has 0 aromatic heterocycles. The van der Waals surface area contributed by atoms with Gasteiger partial charge in [0.15, 0.2) is 0 Å². The molecule has 2 aromatic rings. The smallest absolute Gasteiger partial charge is 0.1000 e.